The Balaban J connectivity index is 1.33. The zero-order valence-electron chi connectivity index (χ0n) is 17.7. The van der Waals surface area contributed by atoms with Gasteiger partial charge in [-0.25, -0.2) is 8.42 Å². The van der Waals surface area contributed by atoms with Gasteiger partial charge in [-0.3, -0.25) is 0 Å². The van der Waals surface area contributed by atoms with Gasteiger partial charge in [0.1, 0.15) is 0 Å². The first kappa shape index (κ1) is 21.0. The maximum atomic E-state index is 12.8. The number of likely N-dealkylation sites (N-methyl/N-ethyl adjacent to an activating group) is 1. The molecule has 2 saturated heterocycles. The van der Waals surface area contributed by atoms with Crippen LogP contribution in [0.15, 0.2) is 36.4 Å². The number of aromatic nitrogens is 2. The Kier molecular flexibility index (Phi) is 6.21. The van der Waals surface area contributed by atoms with Gasteiger partial charge in [0.05, 0.1) is 5.75 Å². The van der Waals surface area contributed by atoms with E-state index in [0.717, 1.165) is 48.9 Å². The van der Waals surface area contributed by atoms with Gasteiger partial charge >= 0.3 is 0 Å². The molecule has 0 bridgehead atoms. The highest BCUT2D eigenvalue weighted by molar-refractivity contribution is 7.88. The van der Waals surface area contributed by atoms with E-state index >= 15 is 0 Å². The molecule has 2 aromatic rings. The van der Waals surface area contributed by atoms with Crippen LogP contribution in [-0.2, 0) is 15.8 Å². The Bertz CT molecular complexity index is 932. The molecule has 0 atom stereocenters. The Hall–Kier alpha value is -2.23. The third kappa shape index (κ3) is 4.91. The molecule has 1 aromatic carbocycles. The first-order valence-electron chi connectivity index (χ1n) is 10.5. The molecule has 8 nitrogen and oxygen atoms in total. The van der Waals surface area contributed by atoms with E-state index in [-0.39, 0.29) is 5.75 Å². The van der Waals surface area contributed by atoms with Crippen molar-refractivity contribution in [2.75, 3.05) is 69.2 Å². The van der Waals surface area contributed by atoms with Gasteiger partial charge in [-0.15, -0.1) is 10.2 Å². The summed E-state index contributed by atoms with van der Waals surface area (Å²) in [6.45, 7) is 8.16. The van der Waals surface area contributed by atoms with Crippen molar-refractivity contribution in [3.8, 4) is 0 Å². The number of piperazine rings is 2. The highest BCUT2D eigenvalue weighted by atomic mass is 32.2. The highest BCUT2D eigenvalue weighted by Crippen LogP contribution is 2.20. The van der Waals surface area contributed by atoms with Gasteiger partial charge in [0.2, 0.25) is 10.0 Å². The second-order valence-electron chi connectivity index (χ2n) is 8.17. The molecule has 9 heteroatoms. The van der Waals surface area contributed by atoms with Crippen LogP contribution in [0.1, 0.15) is 11.1 Å². The second kappa shape index (κ2) is 8.87. The summed E-state index contributed by atoms with van der Waals surface area (Å²) in [5.41, 5.74) is 1.96. The maximum absolute atomic E-state index is 12.8. The van der Waals surface area contributed by atoms with E-state index in [1.165, 1.54) is 0 Å². The van der Waals surface area contributed by atoms with Crippen LogP contribution < -0.4 is 9.80 Å². The Morgan fingerprint density at radius 1 is 0.767 bits per heavy atom. The third-order valence-electron chi connectivity index (χ3n) is 5.89. The van der Waals surface area contributed by atoms with Crippen molar-refractivity contribution < 1.29 is 8.42 Å². The number of rotatable bonds is 5. The molecule has 0 spiro atoms. The Morgan fingerprint density at radius 2 is 1.27 bits per heavy atom. The normalized spacial score (nSPS) is 19.3. The molecule has 3 heterocycles. The third-order valence-corrected chi connectivity index (χ3v) is 7.74. The molecule has 2 aliphatic rings. The molecule has 30 heavy (non-hydrogen) atoms. The minimum atomic E-state index is -3.32. The van der Waals surface area contributed by atoms with Crippen molar-refractivity contribution in [3.63, 3.8) is 0 Å². The number of benzene rings is 1. The van der Waals surface area contributed by atoms with Crippen molar-refractivity contribution >= 4 is 21.7 Å². The van der Waals surface area contributed by atoms with E-state index in [0.29, 0.717) is 26.2 Å². The minimum absolute atomic E-state index is 0.0484. The number of nitrogens with zero attached hydrogens (tertiary/aromatic N) is 6. The lowest BCUT2D eigenvalue weighted by Gasteiger charge is -2.35. The molecule has 0 saturated carbocycles. The lowest BCUT2D eigenvalue weighted by molar-refractivity contribution is 0.312. The summed E-state index contributed by atoms with van der Waals surface area (Å²) in [7, 11) is -1.19. The molecular formula is C21H30N6O2S. The van der Waals surface area contributed by atoms with E-state index in [1.807, 2.05) is 43.3 Å². The fourth-order valence-electron chi connectivity index (χ4n) is 3.87. The summed E-state index contributed by atoms with van der Waals surface area (Å²) < 4.78 is 27.2. The van der Waals surface area contributed by atoms with Crippen molar-refractivity contribution in [2.45, 2.75) is 12.7 Å². The quantitative estimate of drug-likeness (QED) is 0.705. The largest absolute Gasteiger partial charge is 0.353 e. The van der Waals surface area contributed by atoms with Crippen molar-refractivity contribution in [1.82, 2.24) is 19.4 Å². The first-order chi connectivity index (χ1) is 14.4. The van der Waals surface area contributed by atoms with E-state index in [4.69, 9.17) is 0 Å². The lowest BCUT2D eigenvalue weighted by Crippen LogP contribution is -2.49. The van der Waals surface area contributed by atoms with Crippen LogP contribution in [0.2, 0.25) is 0 Å². The molecular weight excluding hydrogens is 400 g/mol. The number of aryl methyl sites for hydroxylation is 1. The molecule has 1 aromatic heterocycles. The predicted molar refractivity (Wildman–Crippen MR) is 119 cm³/mol. The summed E-state index contributed by atoms with van der Waals surface area (Å²) in [6.07, 6.45) is 0. The topological polar surface area (TPSA) is 72.9 Å². The zero-order valence-corrected chi connectivity index (χ0v) is 18.6. The van der Waals surface area contributed by atoms with Crippen molar-refractivity contribution in [3.05, 3.63) is 47.5 Å². The van der Waals surface area contributed by atoms with Crippen LogP contribution in [-0.4, -0.2) is 87.2 Å². The number of hydrogen-bond donors (Lipinski definition) is 0. The molecule has 0 radical (unpaired) electrons. The van der Waals surface area contributed by atoms with Gasteiger partial charge < -0.3 is 14.7 Å². The van der Waals surface area contributed by atoms with Gasteiger partial charge in [0.15, 0.2) is 11.6 Å². The predicted octanol–water partition coefficient (Wildman–Crippen LogP) is 1.19. The molecule has 0 aliphatic carbocycles. The fraction of sp³-hybridized carbons (Fsp3) is 0.524. The summed E-state index contributed by atoms with van der Waals surface area (Å²) in [4.78, 5) is 6.68. The van der Waals surface area contributed by atoms with E-state index in [9.17, 15) is 8.42 Å². The smallest absolute Gasteiger partial charge is 0.218 e. The standard InChI is InChI=1S/C21H30N6O2S/c1-18-3-5-19(6-4-18)17-30(28,29)27-15-13-26(14-16-27)21-8-7-20(22-23-21)25-11-9-24(2)10-12-25/h3-8H,9-17H2,1-2H3. The monoisotopic (exact) mass is 430 g/mol. The van der Waals surface area contributed by atoms with E-state index in [2.05, 4.69) is 31.9 Å². The summed E-state index contributed by atoms with van der Waals surface area (Å²) >= 11 is 0. The molecule has 2 aliphatic heterocycles. The van der Waals surface area contributed by atoms with Gasteiger partial charge in [0, 0.05) is 52.4 Å². The molecule has 162 valence electrons. The minimum Gasteiger partial charge on any atom is -0.353 e. The fourth-order valence-corrected chi connectivity index (χ4v) is 5.39. The number of anilines is 2. The Labute approximate surface area is 179 Å². The van der Waals surface area contributed by atoms with E-state index < -0.39 is 10.0 Å². The van der Waals surface area contributed by atoms with Crippen molar-refractivity contribution in [1.29, 1.82) is 0 Å². The number of hydrogen-bond acceptors (Lipinski definition) is 7. The van der Waals surface area contributed by atoms with Crippen LogP contribution in [0.5, 0.6) is 0 Å². The molecule has 0 amide bonds. The molecule has 0 unspecified atom stereocenters. The zero-order chi connectivity index (χ0) is 21.1. The molecule has 0 N–H and O–H groups in total. The second-order valence-corrected chi connectivity index (χ2v) is 10.1. The maximum Gasteiger partial charge on any atom is 0.218 e. The molecule has 2 fully saturated rings. The SMILES string of the molecule is Cc1ccc(CS(=O)(=O)N2CCN(c3ccc(N4CCN(C)CC4)nn3)CC2)cc1. The first-order valence-corrected chi connectivity index (χ1v) is 12.1. The van der Waals surface area contributed by atoms with Crippen molar-refractivity contribution in [2.24, 2.45) is 0 Å². The van der Waals surface area contributed by atoms with Gasteiger partial charge in [-0.2, -0.15) is 4.31 Å². The van der Waals surface area contributed by atoms with Gasteiger partial charge in [0.25, 0.3) is 0 Å². The Morgan fingerprint density at radius 3 is 1.77 bits per heavy atom. The molecule has 4 rings (SSSR count). The van der Waals surface area contributed by atoms with Gasteiger partial charge in [-0.05, 0) is 31.7 Å². The van der Waals surface area contributed by atoms with Crippen LogP contribution >= 0.6 is 0 Å². The van der Waals surface area contributed by atoms with Crippen LogP contribution in [0, 0.1) is 6.92 Å². The number of sulfonamides is 1. The average Bonchev–Trinajstić information content (AvgIpc) is 2.76. The van der Waals surface area contributed by atoms with Crippen LogP contribution in [0.25, 0.3) is 0 Å². The van der Waals surface area contributed by atoms with E-state index in [1.54, 1.807) is 4.31 Å². The average molecular weight is 431 g/mol. The summed E-state index contributed by atoms with van der Waals surface area (Å²) in [6, 6.07) is 11.7. The lowest BCUT2D eigenvalue weighted by atomic mass is 10.2. The summed E-state index contributed by atoms with van der Waals surface area (Å²) in [5, 5.41) is 8.83. The summed E-state index contributed by atoms with van der Waals surface area (Å²) in [5.74, 6) is 1.77. The highest BCUT2D eigenvalue weighted by Gasteiger charge is 2.28. The van der Waals surface area contributed by atoms with Crippen LogP contribution in [0.3, 0.4) is 0 Å². The van der Waals surface area contributed by atoms with Gasteiger partial charge in [-0.1, -0.05) is 29.8 Å². The van der Waals surface area contributed by atoms with Crippen LogP contribution in [0.4, 0.5) is 11.6 Å².